The van der Waals surface area contributed by atoms with Gasteiger partial charge < -0.3 is 16.0 Å². The van der Waals surface area contributed by atoms with Gasteiger partial charge in [0.15, 0.2) is 0 Å². The molecule has 2 rings (SSSR count). The topological polar surface area (TPSA) is 129 Å². The molecule has 3 amide bonds. The maximum atomic E-state index is 13.0. The number of aryl methyl sites for hydroxylation is 2. The predicted molar refractivity (Wildman–Crippen MR) is 112 cm³/mol. The third-order valence-corrected chi connectivity index (χ3v) is 5.41. The molecule has 10 heteroatoms. The molecule has 0 bridgehead atoms. The Morgan fingerprint density at radius 1 is 1.40 bits per heavy atom. The number of nitrogens with zero attached hydrogens (tertiary/aromatic N) is 3. The molecule has 1 aliphatic heterocycles. The predicted octanol–water partition coefficient (Wildman–Crippen LogP) is 1.45. The molecule has 1 saturated heterocycles. The molecule has 0 aromatic carbocycles. The summed E-state index contributed by atoms with van der Waals surface area (Å²) >= 11 is 6.20. The van der Waals surface area contributed by atoms with E-state index in [1.54, 1.807) is 14.0 Å². The molecule has 9 nitrogen and oxygen atoms in total. The lowest BCUT2D eigenvalue weighted by Gasteiger charge is -2.27. The summed E-state index contributed by atoms with van der Waals surface area (Å²) in [6.45, 7) is 8.11. The van der Waals surface area contributed by atoms with Gasteiger partial charge in [0.05, 0.1) is 16.8 Å². The van der Waals surface area contributed by atoms with Gasteiger partial charge in [-0.3, -0.25) is 19.1 Å². The lowest BCUT2D eigenvalue weighted by Crippen LogP contribution is -2.51. The summed E-state index contributed by atoms with van der Waals surface area (Å²) in [5, 5.41) is 21.9. The molecular weight excluding hydrogens is 408 g/mol. The molecule has 0 spiro atoms. The number of halogens is 1. The van der Waals surface area contributed by atoms with Crippen LogP contribution in [-0.2, 0) is 16.6 Å². The zero-order valence-electron chi connectivity index (χ0n) is 18.0. The van der Waals surface area contributed by atoms with Gasteiger partial charge in [0.25, 0.3) is 5.91 Å². The molecule has 3 atom stereocenters. The van der Waals surface area contributed by atoms with E-state index in [0.29, 0.717) is 25.1 Å². The van der Waals surface area contributed by atoms with Crippen molar-refractivity contribution in [1.29, 1.82) is 5.26 Å². The number of carbonyl (C=O) groups is 3. The summed E-state index contributed by atoms with van der Waals surface area (Å²) in [7, 11) is 1.60. The molecule has 0 radical (unpaired) electrons. The molecule has 0 saturated carbocycles. The van der Waals surface area contributed by atoms with E-state index < -0.39 is 23.9 Å². The molecule has 164 valence electrons. The third kappa shape index (κ3) is 5.95. The van der Waals surface area contributed by atoms with Crippen LogP contribution in [0.5, 0.6) is 0 Å². The van der Waals surface area contributed by atoms with Gasteiger partial charge in [0.2, 0.25) is 11.8 Å². The maximum absolute atomic E-state index is 13.0. The average molecular weight is 437 g/mol. The van der Waals surface area contributed by atoms with Crippen molar-refractivity contribution in [2.45, 2.75) is 59.0 Å². The van der Waals surface area contributed by atoms with E-state index in [1.165, 1.54) is 4.68 Å². The molecule has 0 aliphatic carbocycles. The van der Waals surface area contributed by atoms with E-state index in [1.807, 2.05) is 26.8 Å². The Kier molecular flexibility index (Phi) is 7.48. The Morgan fingerprint density at radius 3 is 2.53 bits per heavy atom. The highest BCUT2D eigenvalue weighted by Gasteiger charge is 2.32. The molecule has 1 fully saturated rings. The van der Waals surface area contributed by atoms with Crippen LogP contribution in [0.2, 0.25) is 5.02 Å². The highest BCUT2D eigenvalue weighted by atomic mass is 35.5. The zero-order valence-corrected chi connectivity index (χ0v) is 18.8. The van der Waals surface area contributed by atoms with Crippen molar-refractivity contribution in [3.8, 4) is 6.07 Å². The van der Waals surface area contributed by atoms with Crippen molar-refractivity contribution in [3.05, 3.63) is 16.4 Å². The van der Waals surface area contributed by atoms with E-state index in [4.69, 9.17) is 11.6 Å². The van der Waals surface area contributed by atoms with Crippen molar-refractivity contribution in [2.24, 2.45) is 18.4 Å². The minimum absolute atomic E-state index is 0.106. The van der Waals surface area contributed by atoms with Crippen LogP contribution in [0.3, 0.4) is 0 Å². The SMILES string of the molecule is Cc1nn(C)c(C(=O)N[C@@H](CC(C)(C)C)C(=O)N[C@H](C#N)C[C@@H]2CCNC2=O)c1Cl. The molecule has 3 N–H and O–H groups in total. The summed E-state index contributed by atoms with van der Waals surface area (Å²) < 4.78 is 1.37. The second-order valence-electron chi connectivity index (χ2n) is 8.87. The van der Waals surface area contributed by atoms with E-state index >= 15 is 0 Å². The number of amides is 3. The molecule has 2 heterocycles. The van der Waals surface area contributed by atoms with Crippen LogP contribution in [0, 0.1) is 29.6 Å². The van der Waals surface area contributed by atoms with Crippen molar-refractivity contribution >= 4 is 29.3 Å². The summed E-state index contributed by atoms with van der Waals surface area (Å²) in [6, 6.07) is 0.341. The summed E-state index contributed by atoms with van der Waals surface area (Å²) in [5.74, 6) is -1.40. The number of hydrogen-bond acceptors (Lipinski definition) is 5. The lowest BCUT2D eigenvalue weighted by molar-refractivity contribution is -0.125. The normalized spacial score (nSPS) is 18.3. The standard InChI is InChI=1S/C20H29ClN6O3/c1-11-15(21)16(27(5)26-11)19(30)25-14(9-20(2,3)4)18(29)24-13(10-22)8-12-6-7-23-17(12)28/h12-14H,6-9H2,1-5H3,(H,23,28)(H,24,29)(H,25,30)/t12-,13-,14-/m0/s1. The first-order valence-corrected chi connectivity index (χ1v) is 10.3. The number of nitriles is 1. The van der Waals surface area contributed by atoms with Crippen LogP contribution in [0.4, 0.5) is 0 Å². The molecular formula is C20H29ClN6O3. The van der Waals surface area contributed by atoms with Gasteiger partial charge >= 0.3 is 0 Å². The maximum Gasteiger partial charge on any atom is 0.271 e. The van der Waals surface area contributed by atoms with Gasteiger partial charge in [0.1, 0.15) is 17.8 Å². The largest absolute Gasteiger partial charge is 0.356 e. The number of nitrogens with one attached hydrogen (secondary N) is 3. The first-order chi connectivity index (χ1) is 13.9. The molecule has 30 heavy (non-hydrogen) atoms. The number of rotatable bonds is 7. The quantitative estimate of drug-likeness (QED) is 0.595. The van der Waals surface area contributed by atoms with Crippen molar-refractivity contribution in [3.63, 3.8) is 0 Å². The Hall–Kier alpha value is -2.60. The highest BCUT2D eigenvalue weighted by molar-refractivity contribution is 6.34. The zero-order chi connectivity index (χ0) is 22.6. The number of carbonyl (C=O) groups excluding carboxylic acids is 3. The fourth-order valence-corrected chi connectivity index (χ4v) is 3.74. The Bertz CT molecular complexity index is 867. The smallest absolute Gasteiger partial charge is 0.271 e. The fraction of sp³-hybridized carbons (Fsp3) is 0.650. The minimum atomic E-state index is -0.878. The monoisotopic (exact) mass is 436 g/mol. The van der Waals surface area contributed by atoms with Crippen molar-refractivity contribution in [1.82, 2.24) is 25.7 Å². The molecule has 0 unspecified atom stereocenters. The third-order valence-electron chi connectivity index (χ3n) is 4.96. The van der Waals surface area contributed by atoms with Gasteiger partial charge in [0, 0.05) is 19.5 Å². The average Bonchev–Trinajstić information content (AvgIpc) is 3.14. The highest BCUT2D eigenvalue weighted by Crippen LogP contribution is 2.23. The van der Waals surface area contributed by atoms with Crippen LogP contribution >= 0.6 is 11.6 Å². The van der Waals surface area contributed by atoms with E-state index in [9.17, 15) is 19.6 Å². The fourth-order valence-electron chi connectivity index (χ4n) is 3.50. The molecule has 1 aliphatic rings. The second kappa shape index (κ2) is 9.47. The van der Waals surface area contributed by atoms with Crippen LogP contribution < -0.4 is 16.0 Å². The van der Waals surface area contributed by atoms with Crippen molar-refractivity contribution in [2.75, 3.05) is 6.54 Å². The van der Waals surface area contributed by atoms with Crippen LogP contribution in [0.25, 0.3) is 0 Å². The summed E-state index contributed by atoms with van der Waals surface area (Å²) in [5.41, 5.74) is 0.412. The number of aromatic nitrogens is 2. The van der Waals surface area contributed by atoms with Gasteiger partial charge in [-0.25, -0.2) is 0 Å². The van der Waals surface area contributed by atoms with E-state index in [0.717, 1.165) is 0 Å². The molecule has 1 aromatic heterocycles. The van der Waals surface area contributed by atoms with E-state index in [2.05, 4.69) is 21.0 Å². The van der Waals surface area contributed by atoms with Crippen LogP contribution in [0.1, 0.15) is 56.2 Å². The lowest BCUT2D eigenvalue weighted by atomic mass is 9.87. The van der Waals surface area contributed by atoms with Crippen LogP contribution in [0.15, 0.2) is 0 Å². The minimum Gasteiger partial charge on any atom is -0.356 e. The summed E-state index contributed by atoms with van der Waals surface area (Å²) in [6.07, 6.45) is 1.21. The Labute approximate surface area is 181 Å². The molecule has 1 aromatic rings. The van der Waals surface area contributed by atoms with E-state index in [-0.39, 0.29) is 34.4 Å². The number of hydrogen-bond donors (Lipinski definition) is 3. The Balaban J connectivity index is 2.14. The van der Waals surface area contributed by atoms with Gasteiger partial charge in [-0.1, -0.05) is 32.4 Å². The first kappa shape index (κ1) is 23.7. The summed E-state index contributed by atoms with van der Waals surface area (Å²) in [4.78, 5) is 37.6. The second-order valence-corrected chi connectivity index (χ2v) is 9.24. The van der Waals surface area contributed by atoms with Gasteiger partial charge in [-0.2, -0.15) is 10.4 Å². The van der Waals surface area contributed by atoms with Crippen molar-refractivity contribution < 1.29 is 14.4 Å². The van der Waals surface area contributed by atoms with Gasteiger partial charge in [-0.05, 0) is 31.6 Å². The van der Waals surface area contributed by atoms with Crippen LogP contribution in [-0.4, -0.2) is 46.1 Å². The van der Waals surface area contributed by atoms with Gasteiger partial charge in [-0.15, -0.1) is 0 Å². The first-order valence-electron chi connectivity index (χ1n) is 9.90. The Morgan fingerprint density at radius 2 is 2.07 bits per heavy atom.